The van der Waals surface area contributed by atoms with Gasteiger partial charge in [0, 0.05) is 28.5 Å². The van der Waals surface area contributed by atoms with E-state index in [9.17, 15) is 13.6 Å². The molecule has 1 aliphatic rings. The Morgan fingerprint density at radius 2 is 1.96 bits per heavy atom. The summed E-state index contributed by atoms with van der Waals surface area (Å²) in [5.74, 6) is -1.30. The number of nitrogens with zero attached hydrogens (tertiary/aromatic N) is 1. The van der Waals surface area contributed by atoms with Gasteiger partial charge in [-0.3, -0.25) is 10.3 Å². The van der Waals surface area contributed by atoms with Crippen LogP contribution in [0.3, 0.4) is 0 Å². The summed E-state index contributed by atoms with van der Waals surface area (Å²) in [5, 5.41) is 2.62. The van der Waals surface area contributed by atoms with Crippen molar-refractivity contribution >= 4 is 46.6 Å². The summed E-state index contributed by atoms with van der Waals surface area (Å²) in [6.45, 7) is 5.44. The predicted molar refractivity (Wildman–Crippen MR) is 108 cm³/mol. The standard InChI is InChI=1S/C19H21Cl3F2N2O2/c1-18(2,3)16-9-12(25-17(27)28-10-19(20,21)22)5-7-15(26-16)13-6-4-11(23)8-14(13)24/h4,6,8-9,15H,5,7,10H2,1-3H3,(H,25,27). The zero-order chi connectivity index (χ0) is 21.1. The number of amides is 1. The third-order valence-electron chi connectivity index (χ3n) is 4.01. The monoisotopic (exact) mass is 452 g/mol. The van der Waals surface area contributed by atoms with E-state index in [0.29, 0.717) is 29.8 Å². The first kappa shape index (κ1) is 22.9. The second-order valence-corrected chi connectivity index (χ2v) is 9.99. The first-order valence-corrected chi connectivity index (χ1v) is 9.73. The molecule has 2 rings (SSSR count). The Balaban J connectivity index is 2.22. The fraction of sp³-hybridized carbons (Fsp3) is 0.474. The number of carbonyl (C=O) groups is 1. The van der Waals surface area contributed by atoms with Crippen LogP contribution < -0.4 is 5.32 Å². The van der Waals surface area contributed by atoms with Crippen LogP contribution in [0.15, 0.2) is 35.0 Å². The predicted octanol–water partition coefficient (Wildman–Crippen LogP) is 6.27. The molecule has 1 unspecified atom stereocenters. The summed E-state index contributed by atoms with van der Waals surface area (Å²) in [5.41, 5.74) is 1.15. The molecule has 0 fully saturated rings. The average molecular weight is 454 g/mol. The molecule has 1 aromatic carbocycles. The van der Waals surface area contributed by atoms with Crippen LogP contribution in [0.2, 0.25) is 0 Å². The lowest BCUT2D eigenvalue weighted by molar-refractivity contribution is 0.151. The number of alkyl carbamates (subject to hydrolysis) is 1. The zero-order valence-corrected chi connectivity index (χ0v) is 17.9. The van der Waals surface area contributed by atoms with Gasteiger partial charge in [0.15, 0.2) is 0 Å². The van der Waals surface area contributed by atoms with Crippen LogP contribution in [0.25, 0.3) is 0 Å². The fourth-order valence-corrected chi connectivity index (χ4v) is 2.78. The summed E-state index contributed by atoms with van der Waals surface area (Å²) in [7, 11) is 0. The van der Waals surface area contributed by atoms with Crippen LogP contribution >= 0.6 is 34.8 Å². The number of benzene rings is 1. The second-order valence-electron chi connectivity index (χ2n) is 7.47. The molecule has 1 aromatic rings. The van der Waals surface area contributed by atoms with Gasteiger partial charge in [-0.1, -0.05) is 61.6 Å². The smallest absolute Gasteiger partial charge is 0.411 e. The number of nitrogens with one attached hydrogen (secondary N) is 1. The molecule has 1 N–H and O–H groups in total. The number of hydrogen-bond donors (Lipinski definition) is 1. The number of halogens is 5. The van der Waals surface area contributed by atoms with E-state index in [4.69, 9.17) is 39.5 Å². The van der Waals surface area contributed by atoms with Gasteiger partial charge in [0.05, 0.1) is 6.04 Å². The zero-order valence-electron chi connectivity index (χ0n) is 15.7. The minimum Gasteiger partial charge on any atom is -0.445 e. The molecule has 1 heterocycles. The molecule has 0 aromatic heterocycles. The van der Waals surface area contributed by atoms with Crippen molar-refractivity contribution in [1.82, 2.24) is 5.32 Å². The lowest BCUT2D eigenvalue weighted by atomic mass is 9.89. The molecular formula is C19H21Cl3F2N2O2. The first-order valence-electron chi connectivity index (χ1n) is 8.59. The molecule has 28 heavy (non-hydrogen) atoms. The normalized spacial score (nSPS) is 18.1. The molecule has 0 spiro atoms. The summed E-state index contributed by atoms with van der Waals surface area (Å²) in [6, 6.07) is 2.93. The molecule has 0 saturated carbocycles. The van der Waals surface area contributed by atoms with E-state index in [2.05, 4.69) is 10.3 Å². The van der Waals surface area contributed by atoms with Gasteiger partial charge >= 0.3 is 6.09 Å². The first-order chi connectivity index (χ1) is 12.8. The molecule has 0 aliphatic carbocycles. The molecule has 0 radical (unpaired) electrons. The van der Waals surface area contributed by atoms with E-state index in [1.807, 2.05) is 20.8 Å². The van der Waals surface area contributed by atoms with E-state index in [1.165, 1.54) is 12.1 Å². The van der Waals surface area contributed by atoms with Gasteiger partial charge in [0.2, 0.25) is 3.79 Å². The SMILES string of the molecule is CC(C)(C)C1=NC(c2ccc(F)cc2F)CCC(NC(=O)OCC(Cl)(Cl)Cl)=C1. The Morgan fingerprint density at radius 3 is 2.54 bits per heavy atom. The number of aliphatic imine (C=N–C) groups is 1. The second kappa shape index (κ2) is 8.97. The van der Waals surface area contributed by atoms with Crippen LogP contribution in [0.4, 0.5) is 13.6 Å². The van der Waals surface area contributed by atoms with Gasteiger partial charge in [-0.2, -0.15) is 0 Å². The number of ether oxygens (including phenoxy) is 1. The number of rotatable bonds is 3. The van der Waals surface area contributed by atoms with E-state index in [-0.39, 0.29) is 5.41 Å². The van der Waals surface area contributed by atoms with Crippen molar-refractivity contribution in [2.45, 2.75) is 43.4 Å². The van der Waals surface area contributed by atoms with Gasteiger partial charge in [-0.05, 0) is 25.0 Å². The lowest BCUT2D eigenvalue weighted by Crippen LogP contribution is -2.28. The summed E-state index contributed by atoms with van der Waals surface area (Å²) in [6.07, 6.45) is 1.78. The number of hydrogen-bond acceptors (Lipinski definition) is 3. The third kappa shape index (κ3) is 6.90. The summed E-state index contributed by atoms with van der Waals surface area (Å²) in [4.78, 5) is 16.7. The fourth-order valence-electron chi connectivity index (χ4n) is 2.62. The molecule has 0 bridgehead atoms. The summed E-state index contributed by atoms with van der Waals surface area (Å²) >= 11 is 16.7. The number of alkyl halides is 3. The van der Waals surface area contributed by atoms with Crippen molar-refractivity contribution in [3.63, 3.8) is 0 Å². The average Bonchev–Trinajstić information content (AvgIpc) is 2.75. The minimum absolute atomic E-state index is 0.302. The maximum absolute atomic E-state index is 14.3. The molecule has 4 nitrogen and oxygen atoms in total. The molecular weight excluding hydrogens is 433 g/mol. The summed E-state index contributed by atoms with van der Waals surface area (Å²) < 4.78 is 30.7. The van der Waals surface area contributed by atoms with E-state index in [1.54, 1.807) is 6.08 Å². The molecule has 1 amide bonds. The van der Waals surface area contributed by atoms with Gasteiger partial charge in [-0.15, -0.1) is 0 Å². The van der Waals surface area contributed by atoms with Gasteiger partial charge in [0.1, 0.15) is 18.2 Å². The van der Waals surface area contributed by atoms with Crippen LogP contribution in [-0.4, -0.2) is 22.2 Å². The van der Waals surface area contributed by atoms with Crippen molar-refractivity contribution in [1.29, 1.82) is 0 Å². The largest absolute Gasteiger partial charge is 0.445 e. The topological polar surface area (TPSA) is 50.7 Å². The highest BCUT2D eigenvalue weighted by atomic mass is 35.6. The van der Waals surface area contributed by atoms with Crippen molar-refractivity contribution in [2.24, 2.45) is 10.4 Å². The Hall–Kier alpha value is -1.37. The molecule has 1 atom stereocenters. The molecule has 9 heteroatoms. The maximum atomic E-state index is 14.3. The lowest BCUT2D eigenvalue weighted by Gasteiger charge is -2.21. The Bertz CT molecular complexity index is 799. The Morgan fingerprint density at radius 1 is 1.29 bits per heavy atom. The molecule has 1 aliphatic heterocycles. The van der Waals surface area contributed by atoms with Gasteiger partial charge in [0.25, 0.3) is 0 Å². The highest BCUT2D eigenvalue weighted by Gasteiger charge is 2.26. The van der Waals surface area contributed by atoms with Crippen molar-refractivity contribution in [3.8, 4) is 0 Å². The molecule has 154 valence electrons. The van der Waals surface area contributed by atoms with E-state index < -0.39 is 34.2 Å². The third-order valence-corrected chi connectivity index (χ3v) is 4.34. The van der Waals surface area contributed by atoms with Crippen molar-refractivity contribution in [3.05, 3.63) is 47.2 Å². The van der Waals surface area contributed by atoms with Crippen molar-refractivity contribution < 1.29 is 18.3 Å². The van der Waals surface area contributed by atoms with Crippen LogP contribution in [-0.2, 0) is 4.74 Å². The maximum Gasteiger partial charge on any atom is 0.411 e. The number of carbonyl (C=O) groups excluding carboxylic acids is 1. The van der Waals surface area contributed by atoms with Crippen LogP contribution in [0.1, 0.15) is 45.2 Å². The van der Waals surface area contributed by atoms with Crippen LogP contribution in [0.5, 0.6) is 0 Å². The van der Waals surface area contributed by atoms with Crippen LogP contribution in [0, 0.1) is 17.0 Å². The van der Waals surface area contributed by atoms with Gasteiger partial charge in [-0.25, -0.2) is 13.6 Å². The highest BCUT2D eigenvalue weighted by Crippen LogP contribution is 2.33. The number of allylic oxidation sites excluding steroid dienone is 2. The van der Waals surface area contributed by atoms with E-state index >= 15 is 0 Å². The minimum atomic E-state index is -1.71. The molecule has 0 saturated heterocycles. The Kier molecular flexibility index (Phi) is 7.34. The van der Waals surface area contributed by atoms with Gasteiger partial charge < -0.3 is 4.74 Å². The highest BCUT2D eigenvalue weighted by molar-refractivity contribution is 6.67. The Labute approximate surface area is 177 Å². The van der Waals surface area contributed by atoms with Crippen molar-refractivity contribution in [2.75, 3.05) is 6.61 Å². The quantitative estimate of drug-likeness (QED) is 0.549. The van der Waals surface area contributed by atoms with E-state index in [0.717, 1.165) is 6.07 Å².